The van der Waals surface area contributed by atoms with E-state index < -0.39 is 0 Å². The molecule has 2 aromatic rings. The van der Waals surface area contributed by atoms with Crippen LogP contribution >= 0.6 is 35.3 Å². The lowest BCUT2D eigenvalue weighted by Crippen LogP contribution is -2.52. The van der Waals surface area contributed by atoms with E-state index in [0.717, 1.165) is 73.8 Å². The summed E-state index contributed by atoms with van der Waals surface area (Å²) in [5.41, 5.74) is 2.39. The van der Waals surface area contributed by atoms with E-state index in [0.29, 0.717) is 0 Å². The Bertz CT molecular complexity index is 866. The zero-order valence-corrected chi connectivity index (χ0v) is 22.3. The number of nitrogens with one attached hydrogen (secondary N) is 1. The maximum Gasteiger partial charge on any atom is 0.193 e. The van der Waals surface area contributed by atoms with Crippen LogP contribution in [0.15, 0.2) is 23.2 Å². The van der Waals surface area contributed by atoms with Gasteiger partial charge in [-0.3, -0.25) is 9.89 Å². The molecule has 0 saturated carbocycles. The Morgan fingerprint density at radius 3 is 2.42 bits per heavy atom. The third kappa shape index (κ3) is 6.95. The first-order valence-corrected chi connectivity index (χ1v) is 11.2. The van der Waals surface area contributed by atoms with Gasteiger partial charge >= 0.3 is 0 Å². The van der Waals surface area contributed by atoms with Crippen LogP contribution in [0, 0.1) is 13.8 Å². The van der Waals surface area contributed by atoms with Crippen molar-refractivity contribution in [2.75, 3.05) is 54.0 Å². The lowest BCUT2D eigenvalue weighted by Gasteiger charge is -2.36. The predicted molar refractivity (Wildman–Crippen MR) is 138 cm³/mol. The summed E-state index contributed by atoms with van der Waals surface area (Å²) >= 11 is 1.79. The highest BCUT2D eigenvalue weighted by Gasteiger charge is 2.20. The maximum absolute atomic E-state index is 5.43. The molecule has 0 unspecified atom stereocenters. The molecule has 1 N–H and O–H groups in total. The number of benzene rings is 1. The molecule has 7 nitrogen and oxygen atoms in total. The van der Waals surface area contributed by atoms with Crippen molar-refractivity contribution >= 4 is 41.3 Å². The average Bonchev–Trinajstić information content (AvgIpc) is 3.08. The minimum atomic E-state index is 0. The van der Waals surface area contributed by atoms with Crippen LogP contribution < -0.4 is 14.8 Å². The van der Waals surface area contributed by atoms with E-state index in [1.165, 1.54) is 10.4 Å². The van der Waals surface area contributed by atoms with Crippen molar-refractivity contribution in [3.8, 4) is 11.5 Å². The van der Waals surface area contributed by atoms with Crippen LogP contribution in [0.1, 0.15) is 21.1 Å². The van der Waals surface area contributed by atoms with Gasteiger partial charge in [0.25, 0.3) is 0 Å². The second-order valence-electron chi connectivity index (χ2n) is 7.42. The molecule has 1 fully saturated rings. The summed E-state index contributed by atoms with van der Waals surface area (Å²) in [4.78, 5) is 15.2. The summed E-state index contributed by atoms with van der Waals surface area (Å²) < 4.78 is 10.8. The highest BCUT2D eigenvalue weighted by Crippen LogP contribution is 2.28. The van der Waals surface area contributed by atoms with Gasteiger partial charge in [0.1, 0.15) is 0 Å². The van der Waals surface area contributed by atoms with Gasteiger partial charge < -0.3 is 19.7 Å². The minimum Gasteiger partial charge on any atom is -0.493 e. The molecular weight excluding hydrogens is 525 g/mol. The van der Waals surface area contributed by atoms with Gasteiger partial charge in [-0.2, -0.15) is 0 Å². The molecule has 1 saturated heterocycles. The Morgan fingerprint density at radius 2 is 1.84 bits per heavy atom. The molecular formula is C22H34IN5O2S. The number of halogens is 1. The van der Waals surface area contributed by atoms with Crippen molar-refractivity contribution in [3.63, 3.8) is 0 Å². The van der Waals surface area contributed by atoms with Crippen LogP contribution in [-0.4, -0.2) is 74.7 Å². The Morgan fingerprint density at radius 1 is 1.13 bits per heavy atom. The first-order chi connectivity index (χ1) is 14.5. The van der Waals surface area contributed by atoms with Crippen molar-refractivity contribution < 1.29 is 9.47 Å². The van der Waals surface area contributed by atoms with Gasteiger partial charge in [-0.15, -0.1) is 35.3 Å². The van der Waals surface area contributed by atoms with Crippen molar-refractivity contribution in [2.24, 2.45) is 4.99 Å². The fraction of sp³-hybridized carbons (Fsp3) is 0.545. The van der Waals surface area contributed by atoms with Crippen molar-refractivity contribution in [1.82, 2.24) is 20.1 Å². The van der Waals surface area contributed by atoms with Crippen molar-refractivity contribution in [3.05, 3.63) is 39.3 Å². The summed E-state index contributed by atoms with van der Waals surface area (Å²) in [5.74, 6) is 2.54. The van der Waals surface area contributed by atoms with Gasteiger partial charge in [-0.1, -0.05) is 6.07 Å². The summed E-state index contributed by atoms with van der Waals surface area (Å²) in [7, 11) is 5.20. The van der Waals surface area contributed by atoms with Crippen LogP contribution in [0.4, 0.5) is 0 Å². The van der Waals surface area contributed by atoms with Crippen LogP contribution in [0.2, 0.25) is 0 Å². The summed E-state index contributed by atoms with van der Waals surface area (Å²) in [6, 6.07) is 6.15. The van der Waals surface area contributed by atoms with Gasteiger partial charge in [-0.05, 0) is 31.5 Å². The van der Waals surface area contributed by atoms with Crippen LogP contribution in [-0.2, 0) is 13.0 Å². The molecule has 0 spiro atoms. The number of piperazine rings is 1. The largest absolute Gasteiger partial charge is 0.493 e. The van der Waals surface area contributed by atoms with Crippen LogP contribution in [0.5, 0.6) is 11.5 Å². The third-order valence-corrected chi connectivity index (χ3v) is 6.51. The molecule has 0 atom stereocenters. The van der Waals surface area contributed by atoms with Gasteiger partial charge in [0, 0.05) is 57.6 Å². The molecule has 0 bridgehead atoms. The van der Waals surface area contributed by atoms with Crippen molar-refractivity contribution in [1.29, 1.82) is 0 Å². The molecule has 0 radical (unpaired) electrons. The van der Waals surface area contributed by atoms with Gasteiger partial charge in [-0.25, -0.2) is 4.98 Å². The number of nitrogens with zero attached hydrogens (tertiary/aromatic N) is 4. The Labute approximate surface area is 206 Å². The number of aromatic nitrogens is 1. The predicted octanol–water partition coefficient (Wildman–Crippen LogP) is 3.33. The monoisotopic (exact) mass is 559 g/mol. The quantitative estimate of drug-likeness (QED) is 0.319. The summed E-state index contributed by atoms with van der Waals surface area (Å²) in [6.07, 6.45) is 0.982. The molecule has 1 aromatic carbocycles. The SMILES string of the molecule is CN=C(NCCc1sc(C)nc1C)N1CCN(Cc2ccc(OC)c(OC)c2)CC1.I. The highest BCUT2D eigenvalue weighted by atomic mass is 127. The van der Waals surface area contributed by atoms with Gasteiger partial charge in [0.05, 0.1) is 24.9 Å². The molecule has 3 rings (SSSR count). The molecule has 1 aromatic heterocycles. The standard InChI is InChI=1S/C22H33N5O2S.HI/c1-16-21(30-17(2)25-16)8-9-24-22(23-3)27-12-10-26(11-13-27)15-18-6-7-19(28-4)20(14-18)29-5;/h6-7,14H,8-13,15H2,1-5H3,(H,23,24);1H. The second kappa shape index (κ2) is 12.4. The normalized spacial score (nSPS) is 14.9. The highest BCUT2D eigenvalue weighted by molar-refractivity contribution is 14.0. The molecule has 172 valence electrons. The maximum atomic E-state index is 5.43. The molecule has 2 heterocycles. The minimum absolute atomic E-state index is 0. The molecule has 0 amide bonds. The fourth-order valence-electron chi connectivity index (χ4n) is 3.78. The van der Waals surface area contributed by atoms with Gasteiger partial charge in [0.15, 0.2) is 17.5 Å². The zero-order valence-electron chi connectivity index (χ0n) is 19.1. The number of hydrogen-bond acceptors (Lipinski definition) is 6. The summed E-state index contributed by atoms with van der Waals surface area (Å²) in [6.45, 7) is 9.87. The topological polar surface area (TPSA) is 62.2 Å². The number of thiazole rings is 1. The number of ether oxygens (including phenoxy) is 2. The third-order valence-electron chi connectivity index (χ3n) is 5.37. The van der Waals surface area contributed by atoms with E-state index in [9.17, 15) is 0 Å². The molecule has 0 aliphatic carbocycles. The number of guanidine groups is 1. The first kappa shape index (κ1) is 25.7. The van der Waals surface area contributed by atoms with E-state index >= 15 is 0 Å². The number of aliphatic imine (C=N–C) groups is 1. The number of aryl methyl sites for hydroxylation is 2. The second-order valence-corrected chi connectivity index (χ2v) is 8.71. The Hall–Kier alpha value is -1.59. The Kier molecular flexibility index (Phi) is 10.3. The Balaban J connectivity index is 0.00000341. The smallest absolute Gasteiger partial charge is 0.193 e. The zero-order chi connectivity index (χ0) is 21.5. The van der Waals surface area contributed by atoms with E-state index in [2.05, 4.69) is 51.1 Å². The lowest BCUT2D eigenvalue weighted by atomic mass is 10.1. The molecule has 31 heavy (non-hydrogen) atoms. The first-order valence-electron chi connectivity index (χ1n) is 10.4. The van der Waals surface area contributed by atoms with E-state index in [1.807, 2.05) is 13.1 Å². The summed E-state index contributed by atoms with van der Waals surface area (Å²) in [5, 5.41) is 4.66. The molecule has 1 aliphatic rings. The average molecular weight is 560 g/mol. The fourth-order valence-corrected chi connectivity index (χ4v) is 4.72. The number of hydrogen-bond donors (Lipinski definition) is 1. The van der Waals surface area contributed by atoms with Gasteiger partial charge in [0.2, 0.25) is 0 Å². The number of rotatable bonds is 7. The van der Waals surface area contributed by atoms with E-state index in [-0.39, 0.29) is 24.0 Å². The lowest BCUT2D eigenvalue weighted by molar-refractivity contribution is 0.172. The van der Waals surface area contributed by atoms with Crippen LogP contribution in [0.3, 0.4) is 0 Å². The molecule has 9 heteroatoms. The van der Waals surface area contributed by atoms with E-state index in [1.54, 1.807) is 25.6 Å². The van der Waals surface area contributed by atoms with Crippen LogP contribution in [0.25, 0.3) is 0 Å². The van der Waals surface area contributed by atoms with E-state index in [4.69, 9.17) is 9.47 Å². The number of methoxy groups -OCH3 is 2. The molecule has 1 aliphatic heterocycles. The van der Waals surface area contributed by atoms with Crippen molar-refractivity contribution in [2.45, 2.75) is 26.8 Å².